The number of ether oxygens (including phenoxy) is 1. The van der Waals surface area contributed by atoms with E-state index in [0.29, 0.717) is 6.10 Å². The molecule has 0 radical (unpaired) electrons. The van der Waals surface area contributed by atoms with E-state index >= 15 is 0 Å². The first-order chi connectivity index (χ1) is 7.78. The van der Waals surface area contributed by atoms with E-state index in [-0.39, 0.29) is 0 Å². The summed E-state index contributed by atoms with van der Waals surface area (Å²) >= 11 is 0. The van der Waals surface area contributed by atoms with Crippen LogP contribution < -0.4 is 10.1 Å². The number of hydrogen-bond donors (Lipinski definition) is 1. The first-order valence-electron chi connectivity index (χ1n) is 5.91. The number of nitrogens with zero attached hydrogens (tertiary/aromatic N) is 1. The highest BCUT2D eigenvalue weighted by Crippen LogP contribution is 2.21. The van der Waals surface area contributed by atoms with Gasteiger partial charge in [-0.3, -0.25) is 0 Å². The fourth-order valence-corrected chi connectivity index (χ4v) is 2.02. The zero-order valence-electron chi connectivity index (χ0n) is 10.1. The van der Waals surface area contributed by atoms with E-state index in [1.807, 2.05) is 25.2 Å². The van der Waals surface area contributed by atoms with Gasteiger partial charge in [0.1, 0.15) is 11.9 Å². The highest BCUT2D eigenvalue weighted by molar-refractivity contribution is 5.47. The minimum absolute atomic E-state index is 0.378. The molecule has 0 atom stereocenters. The molecule has 1 heterocycles. The van der Waals surface area contributed by atoms with Crippen LogP contribution in [0.3, 0.4) is 0 Å². The Morgan fingerprint density at radius 1 is 1.31 bits per heavy atom. The molecule has 1 aromatic rings. The van der Waals surface area contributed by atoms with E-state index in [1.165, 1.54) is 0 Å². The first-order valence-corrected chi connectivity index (χ1v) is 5.91. The summed E-state index contributed by atoms with van der Waals surface area (Å²) < 4.78 is 5.98. The minimum Gasteiger partial charge on any atom is -0.490 e. The van der Waals surface area contributed by atoms with Crippen molar-refractivity contribution < 1.29 is 4.74 Å². The Labute approximate surface area is 97.4 Å². The molecule has 88 valence electrons. The summed E-state index contributed by atoms with van der Waals surface area (Å²) in [6, 6.07) is 8.15. The second kappa shape index (κ2) is 5.21. The van der Waals surface area contributed by atoms with E-state index in [2.05, 4.69) is 23.3 Å². The number of hydrogen-bond acceptors (Lipinski definition) is 3. The van der Waals surface area contributed by atoms with Crippen molar-refractivity contribution in [2.75, 3.05) is 32.5 Å². The molecule has 16 heavy (non-hydrogen) atoms. The summed E-state index contributed by atoms with van der Waals surface area (Å²) in [6.45, 7) is 2.27. The van der Waals surface area contributed by atoms with Crippen LogP contribution in [0.4, 0.5) is 5.69 Å². The smallest absolute Gasteiger partial charge is 0.121 e. The lowest BCUT2D eigenvalue weighted by Crippen LogP contribution is -2.35. The molecule has 0 saturated carbocycles. The van der Waals surface area contributed by atoms with Crippen molar-refractivity contribution in [3.05, 3.63) is 24.3 Å². The molecular weight excluding hydrogens is 200 g/mol. The Bertz CT molecular complexity index is 332. The molecule has 1 aromatic carbocycles. The first kappa shape index (κ1) is 11.3. The van der Waals surface area contributed by atoms with E-state index in [1.54, 1.807) is 0 Å². The molecule has 0 bridgehead atoms. The Morgan fingerprint density at radius 2 is 2.06 bits per heavy atom. The van der Waals surface area contributed by atoms with E-state index in [9.17, 15) is 0 Å². The molecular formula is C13H20N2O. The molecule has 1 aliphatic heterocycles. The van der Waals surface area contributed by atoms with Gasteiger partial charge < -0.3 is 15.0 Å². The maximum atomic E-state index is 5.98. The van der Waals surface area contributed by atoms with Crippen molar-refractivity contribution in [1.82, 2.24) is 4.90 Å². The Kier molecular flexibility index (Phi) is 3.67. The van der Waals surface area contributed by atoms with Crippen LogP contribution in [0.1, 0.15) is 12.8 Å². The lowest BCUT2D eigenvalue weighted by molar-refractivity contribution is 0.114. The SMILES string of the molecule is CNc1cccc(OC2CCN(C)CC2)c1. The van der Waals surface area contributed by atoms with Crippen LogP contribution in [0.2, 0.25) is 0 Å². The maximum Gasteiger partial charge on any atom is 0.121 e. The van der Waals surface area contributed by atoms with E-state index in [0.717, 1.165) is 37.4 Å². The van der Waals surface area contributed by atoms with Crippen molar-refractivity contribution >= 4 is 5.69 Å². The third-order valence-corrected chi connectivity index (χ3v) is 3.09. The molecule has 2 rings (SSSR count). The van der Waals surface area contributed by atoms with Gasteiger partial charge in [0, 0.05) is 31.9 Å². The van der Waals surface area contributed by atoms with Crippen LogP contribution >= 0.6 is 0 Å². The molecule has 3 nitrogen and oxygen atoms in total. The molecule has 1 N–H and O–H groups in total. The van der Waals surface area contributed by atoms with Crippen molar-refractivity contribution in [3.63, 3.8) is 0 Å². The number of anilines is 1. The minimum atomic E-state index is 0.378. The zero-order valence-corrected chi connectivity index (χ0v) is 10.1. The second-order valence-corrected chi connectivity index (χ2v) is 4.40. The molecule has 0 aliphatic carbocycles. The van der Waals surface area contributed by atoms with Gasteiger partial charge in [-0.15, -0.1) is 0 Å². The molecule has 0 amide bonds. The van der Waals surface area contributed by atoms with Crippen LogP contribution in [-0.2, 0) is 0 Å². The highest BCUT2D eigenvalue weighted by atomic mass is 16.5. The zero-order chi connectivity index (χ0) is 11.4. The Morgan fingerprint density at radius 3 is 2.75 bits per heavy atom. The van der Waals surface area contributed by atoms with Crippen molar-refractivity contribution in [1.29, 1.82) is 0 Å². The monoisotopic (exact) mass is 220 g/mol. The molecule has 3 heteroatoms. The standard InChI is InChI=1S/C13H20N2O/c1-14-11-4-3-5-13(10-11)16-12-6-8-15(2)9-7-12/h3-5,10,12,14H,6-9H2,1-2H3. The van der Waals surface area contributed by atoms with Crippen molar-refractivity contribution in [2.45, 2.75) is 18.9 Å². The lowest BCUT2D eigenvalue weighted by Gasteiger charge is -2.29. The summed E-state index contributed by atoms with van der Waals surface area (Å²) in [5.41, 5.74) is 1.10. The van der Waals surface area contributed by atoms with E-state index < -0.39 is 0 Å². The second-order valence-electron chi connectivity index (χ2n) is 4.40. The van der Waals surface area contributed by atoms with Gasteiger partial charge in [0.25, 0.3) is 0 Å². The van der Waals surface area contributed by atoms with Gasteiger partial charge in [-0.05, 0) is 32.0 Å². The third-order valence-electron chi connectivity index (χ3n) is 3.09. The molecule has 1 saturated heterocycles. The normalized spacial score (nSPS) is 18.4. The molecule has 1 fully saturated rings. The molecule has 1 aliphatic rings. The number of piperidine rings is 1. The van der Waals surface area contributed by atoms with Crippen molar-refractivity contribution in [3.8, 4) is 5.75 Å². The predicted molar refractivity (Wildman–Crippen MR) is 67.1 cm³/mol. The average Bonchev–Trinajstić information content (AvgIpc) is 2.32. The molecule has 0 unspecified atom stereocenters. The Balaban J connectivity index is 1.93. The average molecular weight is 220 g/mol. The van der Waals surface area contributed by atoms with Gasteiger partial charge in [0.05, 0.1) is 0 Å². The van der Waals surface area contributed by atoms with Gasteiger partial charge in [-0.2, -0.15) is 0 Å². The molecule has 0 spiro atoms. The fraction of sp³-hybridized carbons (Fsp3) is 0.538. The Hall–Kier alpha value is -1.22. The van der Waals surface area contributed by atoms with Gasteiger partial charge in [-0.25, -0.2) is 0 Å². The van der Waals surface area contributed by atoms with Crippen LogP contribution in [0.25, 0.3) is 0 Å². The molecule has 0 aromatic heterocycles. The van der Waals surface area contributed by atoms with Crippen LogP contribution in [0.15, 0.2) is 24.3 Å². The van der Waals surface area contributed by atoms with Gasteiger partial charge >= 0.3 is 0 Å². The van der Waals surface area contributed by atoms with Crippen LogP contribution in [0.5, 0.6) is 5.75 Å². The quantitative estimate of drug-likeness (QED) is 0.845. The predicted octanol–water partition coefficient (Wildman–Crippen LogP) is 2.20. The van der Waals surface area contributed by atoms with Crippen molar-refractivity contribution in [2.24, 2.45) is 0 Å². The topological polar surface area (TPSA) is 24.5 Å². The number of likely N-dealkylation sites (tertiary alicyclic amines) is 1. The number of nitrogens with one attached hydrogen (secondary N) is 1. The highest BCUT2D eigenvalue weighted by Gasteiger charge is 2.17. The van der Waals surface area contributed by atoms with Crippen LogP contribution in [0, 0.1) is 0 Å². The number of benzene rings is 1. The van der Waals surface area contributed by atoms with Gasteiger partial charge in [0.2, 0.25) is 0 Å². The van der Waals surface area contributed by atoms with E-state index in [4.69, 9.17) is 4.74 Å². The van der Waals surface area contributed by atoms with Gasteiger partial charge in [0.15, 0.2) is 0 Å². The third kappa shape index (κ3) is 2.89. The summed E-state index contributed by atoms with van der Waals surface area (Å²) in [5.74, 6) is 0.974. The lowest BCUT2D eigenvalue weighted by atomic mass is 10.1. The van der Waals surface area contributed by atoms with Gasteiger partial charge in [-0.1, -0.05) is 6.07 Å². The number of rotatable bonds is 3. The largest absolute Gasteiger partial charge is 0.490 e. The fourth-order valence-electron chi connectivity index (χ4n) is 2.02. The van der Waals surface area contributed by atoms with Crippen LogP contribution in [-0.4, -0.2) is 38.2 Å². The summed E-state index contributed by atoms with van der Waals surface area (Å²) in [4.78, 5) is 2.35. The summed E-state index contributed by atoms with van der Waals surface area (Å²) in [5, 5.41) is 3.12. The maximum absolute atomic E-state index is 5.98. The summed E-state index contributed by atoms with van der Waals surface area (Å²) in [6.07, 6.45) is 2.63. The summed E-state index contributed by atoms with van der Waals surface area (Å²) in [7, 11) is 4.09.